The van der Waals surface area contributed by atoms with Gasteiger partial charge in [0.25, 0.3) is 5.91 Å². The Morgan fingerprint density at radius 2 is 2.05 bits per heavy atom. The van der Waals surface area contributed by atoms with Crippen LogP contribution in [0.15, 0.2) is 36.4 Å². The largest absolute Gasteiger partial charge is 0.398 e. The van der Waals surface area contributed by atoms with Crippen molar-refractivity contribution in [3.8, 4) is 0 Å². The highest BCUT2D eigenvalue weighted by atomic mass is 32.1. The van der Waals surface area contributed by atoms with E-state index in [1.807, 2.05) is 25.1 Å². The van der Waals surface area contributed by atoms with Gasteiger partial charge in [0.15, 0.2) is 0 Å². The molecule has 19 heavy (non-hydrogen) atoms. The van der Waals surface area contributed by atoms with Gasteiger partial charge in [-0.1, -0.05) is 30.3 Å². The number of thiophene rings is 1. The van der Waals surface area contributed by atoms with Crippen LogP contribution in [0.2, 0.25) is 0 Å². The summed E-state index contributed by atoms with van der Waals surface area (Å²) in [7, 11) is 0. The van der Waals surface area contributed by atoms with Gasteiger partial charge >= 0.3 is 0 Å². The number of rotatable bonds is 5. The van der Waals surface area contributed by atoms with E-state index < -0.39 is 0 Å². The molecule has 0 unspecified atom stereocenters. The van der Waals surface area contributed by atoms with Crippen LogP contribution in [-0.4, -0.2) is 12.5 Å². The van der Waals surface area contributed by atoms with Crippen LogP contribution in [0.1, 0.15) is 26.5 Å². The predicted molar refractivity (Wildman–Crippen MR) is 80.6 cm³/mol. The maximum atomic E-state index is 11.9. The van der Waals surface area contributed by atoms with E-state index >= 15 is 0 Å². The molecule has 0 aliphatic carbocycles. The highest BCUT2D eigenvalue weighted by molar-refractivity contribution is 7.14. The predicted octanol–water partition coefficient (Wildman–Crippen LogP) is 3.00. The molecule has 3 N–H and O–H groups in total. The van der Waals surface area contributed by atoms with E-state index in [1.165, 1.54) is 16.9 Å². The third-order valence-electron chi connectivity index (χ3n) is 2.95. The zero-order valence-electron chi connectivity index (χ0n) is 11.0. The van der Waals surface area contributed by atoms with Gasteiger partial charge in [0.2, 0.25) is 0 Å². The average Bonchev–Trinajstić information content (AvgIpc) is 2.76. The van der Waals surface area contributed by atoms with Crippen molar-refractivity contribution in [3.05, 3.63) is 51.7 Å². The number of hydrogen-bond donors (Lipinski definition) is 2. The Morgan fingerprint density at radius 3 is 2.68 bits per heavy atom. The van der Waals surface area contributed by atoms with Gasteiger partial charge in [0, 0.05) is 17.1 Å². The number of aryl methyl sites for hydroxylation is 2. The van der Waals surface area contributed by atoms with E-state index in [2.05, 4.69) is 17.4 Å². The SMILES string of the molecule is Cc1sc(C(=O)NCCCc2ccccc2)cc1N. The Kier molecular flexibility index (Phi) is 4.58. The van der Waals surface area contributed by atoms with Gasteiger partial charge < -0.3 is 11.1 Å². The van der Waals surface area contributed by atoms with Gasteiger partial charge in [-0.05, 0) is 31.4 Å². The van der Waals surface area contributed by atoms with Gasteiger partial charge in [-0.2, -0.15) is 0 Å². The second-order valence-corrected chi connectivity index (χ2v) is 5.72. The van der Waals surface area contributed by atoms with E-state index in [0.717, 1.165) is 17.7 Å². The minimum atomic E-state index is -0.0298. The Bertz CT molecular complexity index is 529. The molecule has 0 aliphatic rings. The number of nitrogen functional groups attached to an aromatic ring is 1. The van der Waals surface area contributed by atoms with Crippen LogP contribution in [-0.2, 0) is 6.42 Å². The summed E-state index contributed by atoms with van der Waals surface area (Å²) in [5, 5.41) is 2.93. The summed E-state index contributed by atoms with van der Waals surface area (Å²) in [6.45, 7) is 2.61. The molecule has 4 heteroatoms. The van der Waals surface area contributed by atoms with Crippen molar-refractivity contribution in [3.63, 3.8) is 0 Å². The third kappa shape index (κ3) is 3.83. The average molecular weight is 274 g/mol. The summed E-state index contributed by atoms with van der Waals surface area (Å²) in [5.41, 5.74) is 7.73. The highest BCUT2D eigenvalue weighted by Crippen LogP contribution is 2.23. The summed E-state index contributed by atoms with van der Waals surface area (Å²) >= 11 is 1.44. The molecule has 1 aromatic heterocycles. The first kappa shape index (κ1) is 13.6. The minimum absolute atomic E-state index is 0.0298. The molecule has 0 radical (unpaired) electrons. The van der Waals surface area contributed by atoms with Crippen molar-refractivity contribution in [2.45, 2.75) is 19.8 Å². The summed E-state index contributed by atoms with van der Waals surface area (Å²) in [5.74, 6) is -0.0298. The lowest BCUT2D eigenvalue weighted by Crippen LogP contribution is -2.23. The third-order valence-corrected chi connectivity index (χ3v) is 4.02. The van der Waals surface area contributed by atoms with Gasteiger partial charge in [0.05, 0.1) is 4.88 Å². The van der Waals surface area contributed by atoms with Crippen LogP contribution >= 0.6 is 11.3 Å². The van der Waals surface area contributed by atoms with Crippen LogP contribution < -0.4 is 11.1 Å². The fraction of sp³-hybridized carbons (Fsp3) is 0.267. The Balaban J connectivity index is 1.75. The number of hydrogen-bond acceptors (Lipinski definition) is 3. The maximum absolute atomic E-state index is 11.9. The molecule has 100 valence electrons. The van der Waals surface area contributed by atoms with Crippen LogP contribution in [0.3, 0.4) is 0 Å². The Morgan fingerprint density at radius 1 is 1.32 bits per heavy atom. The van der Waals surface area contributed by atoms with E-state index in [9.17, 15) is 4.79 Å². The van der Waals surface area contributed by atoms with Gasteiger partial charge in [0.1, 0.15) is 0 Å². The van der Waals surface area contributed by atoms with Crippen LogP contribution in [0.5, 0.6) is 0 Å². The van der Waals surface area contributed by atoms with Crippen molar-refractivity contribution in [1.29, 1.82) is 0 Å². The first-order chi connectivity index (χ1) is 9.16. The normalized spacial score (nSPS) is 10.4. The second-order valence-electron chi connectivity index (χ2n) is 4.47. The van der Waals surface area contributed by atoms with Crippen LogP contribution in [0, 0.1) is 6.92 Å². The molecule has 0 atom stereocenters. The van der Waals surface area contributed by atoms with E-state index in [-0.39, 0.29) is 5.91 Å². The van der Waals surface area contributed by atoms with Crippen molar-refractivity contribution in [2.75, 3.05) is 12.3 Å². The summed E-state index contributed by atoms with van der Waals surface area (Å²) < 4.78 is 0. The molecular formula is C15H18N2OS. The monoisotopic (exact) mass is 274 g/mol. The molecule has 2 rings (SSSR count). The topological polar surface area (TPSA) is 55.1 Å². The number of anilines is 1. The quantitative estimate of drug-likeness (QED) is 0.823. The lowest BCUT2D eigenvalue weighted by molar-refractivity contribution is 0.0957. The van der Waals surface area contributed by atoms with E-state index in [0.29, 0.717) is 17.1 Å². The summed E-state index contributed by atoms with van der Waals surface area (Å²) in [6.07, 6.45) is 1.92. The molecule has 3 nitrogen and oxygen atoms in total. The molecule has 0 spiro atoms. The first-order valence-electron chi connectivity index (χ1n) is 6.35. The minimum Gasteiger partial charge on any atom is -0.398 e. The number of carbonyl (C=O) groups is 1. The van der Waals surface area contributed by atoms with Gasteiger partial charge in [-0.25, -0.2) is 0 Å². The molecule has 1 heterocycles. The zero-order chi connectivity index (χ0) is 13.7. The lowest BCUT2D eigenvalue weighted by atomic mass is 10.1. The first-order valence-corrected chi connectivity index (χ1v) is 7.16. The molecule has 0 fully saturated rings. The molecule has 1 aromatic carbocycles. The highest BCUT2D eigenvalue weighted by Gasteiger charge is 2.09. The molecule has 0 saturated carbocycles. The number of benzene rings is 1. The maximum Gasteiger partial charge on any atom is 0.261 e. The number of nitrogens with two attached hydrogens (primary N) is 1. The molecule has 0 saturated heterocycles. The zero-order valence-corrected chi connectivity index (χ0v) is 11.8. The van der Waals surface area contributed by atoms with Gasteiger partial charge in [-0.3, -0.25) is 4.79 Å². The molecule has 2 aromatic rings. The van der Waals surface area contributed by atoms with Crippen molar-refractivity contribution < 1.29 is 4.79 Å². The molecule has 1 amide bonds. The van der Waals surface area contributed by atoms with Crippen molar-refractivity contribution in [1.82, 2.24) is 5.32 Å². The Labute approximate surface area is 117 Å². The van der Waals surface area contributed by atoms with Crippen LogP contribution in [0.25, 0.3) is 0 Å². The van der Waals surface area contributed by atoms with Crippen molar-refractivity contribution >= 4 is 22.9 Å². The van der Waals surface area contributed by atoms with Crippen LogP contribution in [0.4, 0.5) is 5.69 Å². The summed E-state index contributed by atoms with van der Waals surface area (Å²) in [4.78, 5) is 13.5. The molecule has 0 bridgehead atoms. The number of amides is 1. The smallest absolute Gasteiger partial charge is 0.261 e. The fourth-order valence-electron chi connectivity index (χ4n) is 1.83. The molecular weight excluding hydrogens is 256 g/mol. The molecule has 0 aliphatic heterocycles. The van der Waals surface area contributed by atoms with Crippen molar-refractivity contribution in [2.24, 2.45) is 0 Å². The van der Waals surface area contributed by atoms with E-state index in [4.69, 9.17) is 5.73 Å². The fourth-order valence-corrected chi connectivity index (χ4v) is 2.69. The summed E-state index contributed by atoms with van der Waals surface area (Å²) in [6, 6.07) is 12.0. The standard InChI is InChI=1S/C15H18N2OS/c1-11-13(16)10-14(19-11)15(18)17-9-5-8-12-6-3-2-4-7-12/h2-4,6-7,10H,5,8-9,16H2,1H3,(H,17,18). The second kappa shape index (κ2) is 6.38. The van der Waals surface area contributed by atoms with E-state index in [1.54, 1.807) is 6.07 Å². The van der Waals surface area contributed by atoms with Gasteiger partial charge in [-0.15, -0.1) is 11.3 Å². The lowest BCUT2D eigenvalue weighted by Gasteiger charge is -2.03. The Hall–Kier alpha value is -1.81. The number of nitrogens with one attached hydrogen (secondary N) is 1. The number of carbonyl (C=O) groups excluding carboxylic acids is 1.